The molecule has 0 unspecified atom stereocenters. The Hall–Kier alpha value is -2.11. The molecule has 0 saturated heterocycles. The van der Waals surface area contributed by atoms with Gasteiger partial charge >= 0.3 is 0 Å². The molecule has 1 N–H and O–H groups in total. The number of carbonyl (C=O) groups excluding carboxylic acids is 1. The first-order valence-electron chi connectivity index (χ1n) is 6.17. The van der Waals surface area contributed by atoms with Crippen molar-refractivity contribution in [2.75, 3.05) is 0 Å². The van der Waals surface area contributed by atoms with E-state index >= 15 is 0 Å². The van der Waals surface area contributed by atoms with E-state index < -0.39 is 0 Å². The molecule has 0 aliphatic rings. The molecule has 2 aromatic rings. The van der Waals surface area contributed by atoms with E-state index in [-0.39, 0.29) is 5.91 Å². The van der Waals surface area contributed by atoms with Crippen LogP contribution in [0.25, 0.3) is 0 Å². The molecule has 6 heteroatoms. The molecule has 0 atom stereocenters. The van der Waals surface area contributed by atoms with Crippen molar-refractivity contribution in [1.82, 2.24) is 24.9 Å². The normalized spacial score (nSPS) is 10.8. The second kappa shape index (κ2) is 4.87. The fraction of sp³-hybridized carbons (Fsp3) is 0.462. The van der Waals surface area contributed by atoms with Gasteiger partial charge in [0.2, 0.25) is 0 Å². The molecule has 0 fully saturated rings. The van der Waals surface area contributed by atoms with E-state index in [1.807, 2.05) is 41.1 Å². The fourth-order valence-corrected chi connectivity index (χ4v) is 2.19. The maximum atomic E-state index is 12.2. The third-order valence-electron chi connectivity index (χ3n) is 3.29. The van der Waals surface area contributed by atoms with E-state index in [0.29, 0.717) is 12.1 Å². The largest absolute Gasteiger partial charge is 0.348 e. The highest BCUT2D eigenvalue weighted by Gasteiger charge is 2.17. The number of carbonyl (C=O) groups is 1. The summed E-state index contributed by atoms with van der Waals surface area (Å²) in [5, 5.41) is 11.4. The van der Waals surface area contributed by atoms with Crippen molar-refractivity contribution < 1.29 is 4.79 Å². The quantitative estimate of drug-likeness (QED) is 0.896. The van der Waals surface area contributed by atoms with Crippen LogP contribution < -0.4 is 5.32 Å². The Morgan fingerprint density at radius 2 is 1.89 bits per heavy atom. The Kier molecular flexibility index (Phi) is 3.42. The Balaban J connectivity index is 2.12. The number of hydrogen-bond donors (Lipinski definition) is 1. The van der Waals surface area contributed by atoms with Gasteiger partial charge in [-0.15, -0.1) is 0 Å². The van der Waals surface area contributed by atoms with Gasteiger partial charge < -0.3 is 5.32 Å². The van der Waals surface area contributed by atoms with Gasteiger partial charge in [-0.1, -0.05) is 0 Å². The van der Waals surface area contributed by atoms with E-state index in [0.717, 1.165) is 22.6 Å². The SMILES string of the molecule is Cc1nn(C)cc1CNC(=O)c1c(C)nn(C)c1C. The predicted molar refractivity (Wildman–Crippen MR) is 71.8 cm³/mol. The Morgan fingerprint density at radius 3 is 2.37 bits per heavy atom. The number of rotatable bonds is 3. The lowest BCUT2D eigenvalue weighted by Crippen LogP contribution is -2.24. The number of aryl methyl sites for hydroxylation is 4. The smallest absolute Gasteiger partial charge is 0.255 e. The van der Waals surface area contributed by atoms with Gasteiger partial charge in [-0.3, -0.25) is 14.2 Å². The maximum Gasteiger partial charge on any atom is 0.255 e. The zero-order valence-electron chi connectivity index (χ0n) is 12.0. The summed E-state index contributed by atoms with van der Waals surface area (Å²) < 4.78 is 3.47. The zero-order valence-corrected chi connectivity index (χ0v) is 12.0. The van der Waals surface area contributed by atoms with Crippen molar-refractivity contribution in [2.45, 2.75) is 27.3 Å². The van der Waals surface area contributed by atoms with Crippen LogP contribution in [0.5, 0.6) is 0 Å². The second-order valence-electron chi connectivity index (χ2n) is 4.77. The summed E-state index contributed by atoms with van der Waals surface area (Å²) in [6.07, 6.45) is 1.92. The molecule has 0 saturated carbocycles. The lowest BCUT2D eigenvalue weighted by molar-refractivity contribution is 0.0949. The van der Waals surface area contributed by atoms with Crippen molar-refractivity contribution in [3.05, 3.63) is 34.4 Å². The second-order valence-corrected chi connectivity index (χ2v) is 4.77. The first-order chi connectivity index (χ1) is 8.90. The van der Waals surface area contributed by atoms with Gasteiger partial charge in [0.05, 0.1) is 17.0 Å². The van der Waals surface area contributed by atoms with E-state index in [2.05, 4.69) is 15.5 Å². The maximum absolute atomic E-state index is 12.2. The van der Waals surface area contributed by atoms with Crippen molar-refractivity contribution in [1.29, 1.82) is 0 Å². The first kappa shape index (κ1) is 13.3. The van der Waals surface area contributed by atoms with Crippen LogP contribution in [0.3, 0.4) is 0 Å². The molecule has 19 heavy (non-hydrogen) atoms. The lowest BCUT2D eigenvalue weighted by Gasteiger charge is -2.04. The molecule has 2 aromatic heterocycles. The Labute approximate surface area is 112 Å². The number of aromatic nitrogens is 4. The number of nitrogens with one attached hydrogen (secondary N) is 1. The van der Waals surface area contributed by atoms with Gasteiger partial charge in [-0.25, -0.2) is 0 Å². The molecule has 1 amide bonds. The molecule has 0 bridgehead atoms. The zero-order chi connectivity index (χ0) is 14.2. The first-order valence-corrected chi connectivity index (χ1v) is 6.17. The fourth-order valence-electron chi connectivity index (χ4n) is 2.19. The van der Waals surface area contributed by atoms with Gasteiger partial charge in [-0.2, -0.15) is 10.2 Å². The summed E-state index contributed by atoms with van der Waals surface area (Å²) in [4.78, 5) is 12.2. The topological polar surface area (TPSA) is 64.7 Å². The molecule has 2 heterocycles. The Morgan fingerprint density at radius 1 is 1.21 bits per heavy atom. The van der Waals surface area contributed by atoms with E-state index in [1.165, 1.54) is 0 Å². The molecule has 2 rings (SSSR count). The van der Waals surface area contributed by atoms with Crippen molar-refractivity contribution in [3.8, 4) is 0 Å². The molecule has 0 aliphatic heterocycles. The van der Waals surface area contributed by atoms with Crippen LogP contribution >= 0.6 is 0 Å². The molecular weight excluding hydrogens is 242 g/mol. The molecule has 0 aliphatic carbocycles. The van der Waals surface area contributed by atoms with Crippen LogP contribution in [-0.2, 0) is 20.6 Å². The average Bonchev–Trinajstić information content (AvgIpc) is 2.76. The molecule has 0 spiro atoms. The van der Waals surface area contributed by atoms with Gasteiger partial charge in [-0.05, 0) is 20.8 Å². The van der Waals surface area contributed by atoms with Crippen LogP contribution in [0.2, 0.25) is 0 Å². The molecule has 0 radical (unpaired) electrons. The highest BCUT2D eigenvalue weighted by molar-refractivity contribution is 5.96. The van der Waals surface area contributed by atoms with Gasteiger partial charge in [0.15, 0.2) is 0 Å². The lowest BCUT2D eigenvalue weighted by atomic mass is 10.2. The minimum absolute atomic E-state index is 0.0913. The highest BCUT2D eigenvalue weighted by atomic mass is 16.1. The van der Waals surface area contributed by atoms with E-state index in [9.17, 15) is 4.79 Å². The summed E-state index contributed by atoms with van der Waals surface area (Å²) in [5.41, 5.74) is 4.24. The van der Waals surface area contributed by atoms with Crippen LogP contribution in [0.15, 0.2) is 6.20 Å². The predicted octanol–water partition coefficient (Wildman–Crippen LogP) is 1.01. The monoisotopic (exact) mass is 261 g/mol. The molecule has 6 nitrogen and oxygen atoms in total. The minimum atomic E-state index is -0.0913. The summed E-state index contributed by atoms with van der Waals surface area (Å²) in [7, 11) is 3.71. The average molecular weight is 261 g/mol. The van der Waals surface area contributed by atoms with Crippen LogP contribution in [-0.4, -0.2) is 25.5 Å². The van der Waals surface area contributed by atoms with Crippen LogP contribution in [0.4, 0.5) is 0 Å². The van der Waals surface area contributed by atoms with E-state index in [4.69, 9.17) is 0 Å². The van der Waals surface area contributed by atoms with Gasteiger partial charge in [0.25, 0.3) is 5.91 Å². The summed E-state index contributed by atoms with van der Waals surface area (Å²) in [6.45, 7) is 6.15. The molecule has 102 valence electrons. The van der Waals surface area contributed by atoms with Crippen molar-refractivity contribution >= 4 is 5.91 Å². The Bertz CT molecular complexity index is 623. The van der Waals surface area contributed by atoms with Crippen LogP contribution in [0.1, 0.15) is 33.0 Å². The number of amides is 1. The third-order valence-corrected chi connectivity index (χ3v) is 3.29. The molecule has 0 aromatic carbocycles. The van der Waals surface area contributed by atoms with E-state index in [1.54, 1.807) is 9.36 Å². The van der Waals surface area contributed by atoms with Crippen molar-refractivity contribution in [3.63, 3.8) is 0 Å². The molecular formula is C13H19N5O. The summed E-state index contributed by atoms with van der Waals surface area (Å²) in [5.74, 6) is -0.0913. The summed E-state index contributed by atoms with van der Waals surface area (Å²) >= 11 is 0. The number of nitrogens with zero attached hydrogens (tertiary/aromatic N) is 4. The van der Waals surface area contributed by atoms with Crippen molar-refractivity contribution in [2.24, 2.45) is 14.1 Å². The standard InChI is InChI=1S/C13H19N5O/c1-8-11(7-17(4)15-8)6-14-13(19)12-9(2)16-18(5)10(12)3/h7H,6H2,1-5H3,(H,14,19). The van der Waals surface area contributed by atoms with Crippen LogP contribution in [0, 0.1) is 20.8 Å². The highest BCUT2D eigenvalue weighted by Crippen LogP contribution is 2.12. The third kappa shape index (κ3) is 2.52. The summed E-state index contributed by atoms with van der Waals surface area (Å²) in [6, 6.07) is 0. The van der Waals surface area contributed by atoms with Gasteiger partial charge in [0.1, 0.15) is 0 Å². The minimum Gasteiger partial charge on any atom is -0.348 e. The van der Waals surface area contributed by atoms with Gasteiger partial charge in [0, 0.05) is 38.1 Å². The number of hydrogen-bond acceptors (Lipinski definition) is 3.